The second-order valence-electron chi connectivity index (χ2n) is 5.12. The lowest BCUT2D eigenvalue weighted by Crippen LogP contribution is -2.40. The molecule has 0 radical (unpaired) electrons. The van der Waals surface area contributed by atoms with E-state index in [1.165, 1.54) is 12.8 Å². The minimum atomic E-state index is 0.100. The minimum absolute atomic E-state index is 0.100. The summed E-state index contributed by atoms with van der Waals surface area (Å²) in [6, 6.07) is 0. The molecule has 0 amide bonds. The summed E-state index contributed by atoms with van der Waals surface area (Å²) in [6.07, 6.45) is 4.57. The molecule has 0 aromatic rings. The Morgan fingerprint density at radius 2 is 1.87 bits per heavy atom. The van der Waals surface area contributed by atoms with E-state index in [9.17, 15) is 0 Å². The van der Waals surface area contributed by atoms with Crippen LogP contribution in [0.3, 0.4) is 0 Å². The van der Waals surface area contributed by atoms with E-state index in [0.29, 0.717) is 0 Å². The van der Waals surface area contributed by atoms with Gasteiger partial charge in [0, 0.05) is 20.3 Å². The largest absolute Gasteiger partial charge is 0.381 e. The monoisotopic (exact) mass is 214 g/mol. The van der Waals surface area contributed by atoms with Crippen LogP contribution in [0, 0.1) is 11.8 Å². The van der Waals surface area contributed by atoms with Crippen LogP contribution in [-0.2, 0) is 9.47 Å². The van der Waals surface area contributed by atoms with Gasteiger partial charge in [0.1, 0.15) is 0 Å². The van der Waals surface area contributed by atoms with Gasteiger partial charge in [-0.2, -0.15) is 0 Å². The first-order chi connectivity index (χ1) is 7.13. The average Bonchev–Trinajstić information content (AvgIpc) is 2.27. The van der Waals surface area contributed by atoms with Crippen molar-refractivity contribution in [3.8, 4) is 0 Å². The van der Waals surface area contributed by atoms with Gasteiger partial charge in [-0.15, -0.1) is 0 Å². The van der Waals surface area contributed by atoms with Gasteiger partial charge in [0.05, 0.1) is 5.60 Å². The molecule has 1 atom stereocenters. The van der Waals surface area contributed by atoms with Crippen molar-refractivity contribution in [1.29, 1.82) is 0 Å². The van der Waals surface area contributed by atoms with Gasteiger partial charge in [-0.3, -0.25) is 0 Å². The molecule has 0 spiro atoms. The predicted octanol–water partition coefficient (Wildman–Crippen LogP) is 3.25. The van der Waals surface area contributed by atoms with Gasteiger partial charge >= 0.3 is 0 Å². The van der Waals surface area contributed by atoms with Gasteiger partial charge in [0.15, 0.2) is 0 Å². The summed E-state index contributed by atoms with van der Waals surface area (Å²) in [5.74, 6) is 1.54. The molecular formula is C13H26O2. The quantitative estimate of drug-likeness (QED) is 0.699. The van der Waals surface area contributed by atoms with Gasteiger partial charge in [0.25, 0.3) is 0 Å². The predicted molar refractivity (Wildman–Crippen MR) is 63.0 cm³/mol. The zero-order valence-electron chi connectivity index (χ0n) is 10.7. The maximum absolute atomic E-state index is 5.78. The second-order valence-corrected chi connectivity index (χ2v) is 5.12. The molecular weight excluding hydrogens is 188 g/mol. The smallest absolute Gasteiger partial charge is 0.0725 e. The molecule has 0 saturated carbocycles. The van der Waals surface area contributed by atoms with Crippen molar-refractivity contribution in [3.05, 3.63) is 0 Å². The molecule has 1 fully saturated rings. The van der Waals surface area contributed by atoms with E-state index in [2.05, 4.69) is 20.8 Å². The zero-order chi connectivity index (χ0) is 11.3. The van der Waals surface area contributed by atoms with Gasteiger partial charge in [-0.05, 0) is 31.1 Å². The molecule has 90 valence electrons. The third kappa shape index (κ3) is 3.46. The summed E-state index contributed by atoms with van der Waals surface area (Å²) in [6.45, 7) is 8.64. The Morgan fingerprint density at radius 1 is 1.27 bits per heavy atom. The summed E-state index contributed by atoms with van der Waals surface area (Å²) < 4.78 is 11.2. The van der Waals surface area contributed by atoms with Gasteiger partial charge in [-0.1, -0.05) is 27.2 Å². The van der Waals surface area contributed by atoms with Crippen molar-refractivity contribution in [2.75, 3.05) is 20.3 Å². The number of hydrogen-bond donors (Lipinski definition) is 0. The highest BCUT2D eigenvalue weighted by atomic mass is 16.5. The van der Waals surface area contributed by atoms with E-state index in [1.54, 1.807) is 0 Å². The first-order valence-corrected chi connectivity index (χ1v) is 6.26. The summed E-state index contributed by atoms with van der Waals surface area (Å²) in [7, 11) is 1.86. The summed E-state index contributed by atoms with van der Waals surface area (Å²) >= 11 is 0. The van der Waals surface area contributed by atoms with E-state index in [4.69, 9.17) is 9.47 Å². The van der Waals surface area contributed by atoms with Crippen LogP contribution in [0.4, 0.5) is 0 Å². The number of hydrogen-bond acceptors (Lipinski definition) is 2. The molecule has 0 aliphatic carbocycles. The van der Waals surface area contributed by atoms with Crippen LogP contribution >= 0.6 is 0 Å². The van der Waals surface area contributed by atoms with Crippen molar-refractivity contribution < 1.29 is 9.47 Å². The Hall–Kier alpha value is -0.0800. The van der Waals surface area contributed by atoms with Crippen molar-refractivity contribution in [2.24, 2.45) is 11.8 Å². The molecule has 0 aromatic carbocycles. The van der Waals surface area contributed by atoms with Gasteiger partial charge in [-0.25, -0.2) is 0 Å². The molecule has 2 heteroatoms. The maximum Gasteiger partial charge on any atom is 0.0725 e. The van der Waals surface area contributed by atoms with E-state index in [1.807, 2.05) is 7.11 Å². The number of ether oxygens (including phenoxy) is 2. The molecule has 1 unspecified atom stereocenters. The standard InChI is InChI=1S/C13H26O2/c1-5-12(11(2)3)10-13(14-4)6-8-15-9-7-13/h11-12H,5-10H2,1-4H3. The van der Waals surface area contributed by atoms with Crippen molar-refractivity contribution in [1.82, 2.24) is 0 Å². The molecule has 0 aromatic heterocycles. The normalized spacial score (nSPS) is 23.0. The number of rotatable bonds is 5. The molecule has 1 heterocycles. The van der Waals surface area contributed by atoms with Crippen LogP contribution in [0.15, 0.2) is 0 Å². The van der Waals surface area contributed by atoms with Crippen LogP contribution in [0.1, 0.15) is 46.5 Å². The van der Waals surface area contributed by atoms with E-state index in [-0.39, 0.29) is 5.60 Å². The summed E-state index contributed by atoms with van der Waals surface area (Å²) in [5, 5.41) is 0. The van der Waals surface area contributed by atoms with Crippen molar-refractivity contribution >= 4 is 0 Å². The molecule has 1 aliphatic heterocycles. The maximum atomic E-state index is 5.78. The second kappa shape index (κ2) is 5.86. The molecule has 15 heavy (non-hydrogen) atoms. The highest BCUT2D eigenvalue weighted by Gasteiger charge is 2.35. The van der Waals surface area contributed by atoms with Crippen molar-refractivity contribution in [2.45, 2.75) is 52.1 Å². The fraction of sp³-hybridized carbons (Fsp3) is 1.00. The molecule has 1 aliphatic rings. The van der Waals surface area contributed by atoms with Crippen LogP contribution < -0.4 is 0 Å². The van der Waals surface area contributed by atoms with Gasteiger partial charge < -0.3 is 9.47 Å². The van der Waals surface area contributed by atoms with Crippen molar-refractivity contribution in [3.63, 3.8) is 0 Å². The first-order valence-electron chi connectivity index (χ1n) is 6.26. The topological polar surface area (TPSA) is 18.5 Å². The first kappa shape index (κ1) is 13.0. The SMILES string of the molecule is CCC(CC1(OC)CCOCC1)C(C)C. The van der Waals surface area contributed by atoms with E-state index < -0.39 is 0 Å². The molecule has 0 N–H and O–H groups in total. The van der Waals surface area contributed by atoms with Gasteiger partial charge in [0.2, 0.25) is 0 Å². The van der Waals surface area contributed by atoms with E-state index in [0.717, 1.165) is 37.9 Å². The Bertz CT molecular complexity index is 171. The fourth-order valence-corrected chi connectivity index (χ4v) is 2.56. The molecule has 1 rings (SSSR count). The number of methoxy groups -OCH3 is 1. The summed E-state index contributed by atoms with van der Waals surface area (Å²) in [5.41, 5.74) is 0.100. The highest BCUT2D eigenvalue weighted by molar-refractivity contribution is 4.86. The Balaban J connectivity index is 2.57. The van der Waals surface area contributed by atoms with Crippen LogP contribution in [0.25, 0.3) is 0 Å². The lowest BCUT2D eigenvalue weighted by Gasteiger charge is -2.39. The lowest BCUT2D eigenvalue weighted by atomic mass is 9.78. The highest BCUT2D eigenvalue weighted by Crippen LogP contribution is 2.35. The summed E-state index contributed by atoms with van der Waals surface area (Å²) in [4.78, 5) is 0. The Morgan fingerprint density at radius 3 is 2.27 bits per heavy atom. The lowest BCUT2D eigenvalue weighted by molar-refractivity contribution is -0.105. The molecule has 0 bridgehead atoms. The Labute approximate surface area is 94.3 Å². The molecule has 1 saturated heterocycles. The third-order valence-corrected chi connectivity index (χ3v) is 3.94. The fourth-order valence-electron chi connectivity index (χ4n) is 2.56. The van der Waals surface area contributed by atoms with E-state index >= 15 is 0 Å². The van der Waals surface area contributed by atoms with Crippen LogP contribution in [0.5, 0.6) is 0 Å². The van der Waals surface area contributed by atoms with Crippen LogP contribution in [0.2, 0.25) is 0 Å². The minimum Gasteiger partial charge on any atom is -0.381 e. The molecule has 2 nitrogen and oxygen atoms in total. The Kier molecular flexibility index (Phi) is 5.07. The zero-order valence-corrected chi connectivity index (χ0v) is 10.7. The average molecular weight is 214 g/mol. The third-order valence-electron chi connectivity index (χ3n) is 3.94. The van der Waals surface area contributed by atoms with Crippen LogP contribution in [-0.4, -0.2) is 25.9 Å².